The van der Waals surface area contributed by atoms with Crippen LogP contribution in [0.4, 0.5) is 11.6 Å². The van der Waals surface area contributed by atoms with Gasteiger partial charge in [0, 0.05) is 32.7 Å². The topological polar surface area (TPSA) is 62.3 Å². The van der Waals surface area contributed by atoms with Crippen molar-refractivity contribution in [2.75, 3.05) is 51.0 Å². The Morgan fingerprint density at radius 3 is 2.94 bits per heavy atom. The molecule has 6 nitrogen and oxygen atoms in total. The van der Waals surface area contributed by atoms with Gasteiger partial charge in [0.25, 0.3) is 0 Å². The molecule has 1 unspecified atom stereocenters. The molecule has 1 aromatic rings. The SMILES string of the molecule is CNc1cc(NCC2CN(C)CCO2)nc(C)n1. The van der Waals surface area contributed by atoms with Crippen molar-refractivity contribution in [3.05, 3.63) is 11.9 Å². The molecule has 1 saturated heterocycles. The van der Waals surface area contributed by atoms with E-state index in [0.717, 1.165) is 43.7 Å². The number of aromatic nitrogens is 2. The largest absolute Gasteiger partial charge is 0.374 e. The Hall–Kier alpha value is -1.40. The third-order valence-electron chi connectivity index (χ3n) is 2.95. The smallest absolute Gasteiger partial charge is 0.131 e. The number of rotatable bonds is 4. The van der Waals surface area contributed by atoms with E-state index in [9.17, 15) is 0 Å². The Labute approximate surface area is 108 Å². The minimum atomic E-state index is 0.219. The first-order chi connectivity index (χ1) is 8.67. The summed E-state index contributed by atoms with van der Waals surface area (Å²) in [6.07, 6.45) is 0.219. The van der Waals surface area contributed by atoms with Crippen LogP contribution in [0.2, 0.25) is 0 Å². The molecule has 2 rings (SSSR count). The van der Waals surface area contributed by atoms with Gasteiger partial charge >= 0.3 is 0 Å². The average molecular weight is 251 g/mol. The number of aryl methyl sites for hydroxylation is 1. The van der Waals surface area contributed by atoms with Crippen molar-refractivity contribution in [1.29, 1.82) is 0 Å². The minimum absolute atomic E-state index is 0.219. The highest BCUT2D eigenvalue weighted by Crippen LogP contribution is 2.11. The zero-order chi connectivity index (χ0) is 13.0. The van der Waals surface area contributed by atoms with Crippen molar-refractivity contribution in [1.82, 2.24) is 14.9 Å². The van der Waals surface area contributed by atoms with Crippen molar-refractivity contribution in [2.24, 2.45) is 0 Å². The Morgan fingerprint density at radius 2 is 2.22 bits per heavy atom. The van der Waals surface area contributed by atoms with Gasteiger partial charge in [-0.15, -0.1) is 0 Å². The summed E-state index contributed by atoms with van der Waals surface area (Å²) < 4.78 is 5.69. The molecule has 2 N–H and O–H groups in total. The molecule has 1 fully saturated rings. The van der Waals surface area contributed by atoms with E-state index in [1.807, 2.05) is 20.0 Å². The van der Waals surface area contributed by atoms with Crippen molar-refractivity contribution < 1.29 is 4.74 Å². The second-order valence-electron chi connectivity index (χ2n) is 4.57. The number of nitrogens with zero attached hydrogens (tertiary/aromatic N) is 3. The lowest BCUT2D eigenvalue weighted by molar-refractivity contribution is -0.0117. The lowest BCUT2D eigenvalue weighted by Gasteiger charge is -2.30. The summed E-state index contributed by atoms with van der Waals surface area (Å²) in [6, 6.07) is 1.90. The van der Waals surface area contributed by atoms with Crippen LogP contribution in [0.15, 0.2) is 6.07 Å². The van der Waals surface area contributed by atoms with E-state index in [1.54, 1.807) is 0 Å². The highest BCUT2D eigenvalue weighted by Gasteiger charge is 2.17. The molecule has 0 aliphatic carbocycles. The van der Waals surface area contributed by atoms with Crippen molar-refractivity contribution in [3.63, 3.8) is 0 Å². The summed E-state index contributed by atoms with van der Waals surface area (Å²) in [5.74, 6) is 2.42. The van der Waals surface area contributed by atoms with E-state index < -0.39 is 0 Å². The summed E-state index contributed by atoms with van der Waals surface area (Å²) in [6.45, 7) is 5.41. The quantitative estimate of drug-likeness (QED) is 0.816. The van der Waals surface area contributed by atoms with Crippen LogP contribution < -0.4 is 10.6 Å². The maximum Gasteiger partial charge on any atom is 0.131 e. The molecule has 1 aromatic heterocycles. The van der Waals surface area contributed by atoms with Gasteiger partial charge in [0.05, 0.1) is 12.7 Å². The fourth-order valence-electron chi connectivity index (χ4n) is 2.00. The van der Waals surface area contributed by atoms with Crippen LogP contribution in [0.25, 0.3) is 0 Å². The normalized spacial score (nSPS) is 20.7. The molecule has 100 valence electrons. The van der Waals surface area contributed by atoms with E-state index >= 15 is 0 Å². The Morgan fingerprint density at radius 1 is 1.44 bits per heavy atom. The first-order valence-corrected chi connectivity index (χ1v) is 6.25. The second kappa shape index (κ2) is 5.97. The molecule has 18 heavy (non-hydrogen) atoms. The van der Waals surface area contributed by atoms with E-state index in [4.69, 9.17) is 4.74 Å². The van der Waals surface area contributed by atoms with Gasteiger partial charge in [-0.2, -0.15) is 0 Å². The predicted molar refractivity (Wildman–Crippen MR) is 72.0 cm³/mol. The molecule has 1 aliphatic rings. The Balaban J connectivity index is 1.91. The molecular formula is C12H21N5O. The fourth-order valence-corrected chi connectivity index (χ4v) is 2.00. The molecule has 0 amide bonds. The monoisotopic (exact) mass is 251 g/mol. The molecular weight excluding hydrogens is 230 g/mol. The van der Waals surface area contributed by atoms with Crippen LogP contribution in [0.1, 0.15) is 5.82 Å². The summed E-state index contributed by atoms with van der Waals surface area (Å²) in [5, 5.41) is 6.33. The molecule has 0 radical (unpaired) electrons. The fraction of sp³-hybridized carbons (Fsp3) is 0.667. The Bertz CT molecular complexity index is 398. The van der Waals surface area contributed by atoms with Gasteiger partial charge in [-0.3, -0.25) is 0 Å². The lowest BCUT2D eigenvalue weighted by atomic mass is 10.3. The standard InChI is InChI=1S/C12H21N5O/c1-9-15-11(13-2)6-12(16-9)14-7-10-8-17(3)4-5-18-10/h6,10H,4-5,7-8H2,1-3H3,(H2,13,14,15,16). The van der Waals surface area contributed by atoms with Crippen LogP contribution >= 0.6 is 0 Å². The van der Waals surface area contributed by atoms with Gasteiger partial charge in [0.15, 0.2) is 0 Å². The first kappa shape index (κ1) is 13.0. The number of hydrogen-bond acceptors (Lipinski definition) is 6. The number of ether oxygens (including phenoxy) is 1. The maximum atomic E-state index is 5.69. The minimum Gasteiger partial charge on any atom is -0.374 e. The van der Waals surface area contributed by atoms with Gasteiger partial charge < -0.3 is 20.3 Å². The highest BCUT2D eigenvalue weighted by atomic mass is 16.5. The van der Waals surface area contributed by atoms with Crippen LogP contribution in [0.5, 0.6) is 0 Å². The summed E-state index contributed by atoms with van der Waals surface area (Å²) in [7, 11) is 3.97. The van der Waals surface area contributed by atoms with Crippen LogP contribution in [-0.2, 0) is 4.74 Å². The van der Waals surface area contributed by atoms with E-state index in [1.165, 1.54) is 0 Å². The summed E-state index contributed by atoms with van der Waals surface area (Å²) in [4.78, 5) is 10.9. The van der Waals surface area contributed by atoms with Crippen molar-refractivity contribution in [3.8, 4) is 0 Å². The number of likely N-dealkylation sites (N-methyl/N-ethyl adjacent to an activating group) is 1. The number of hydrogen-bond donors (Lipinski definition) is 2. The van der Waals surface area contributed by atoms with Gasteiger partial charge in [-0.1, -0.05) is 0 Å². The maximum absolute atomic E-state index is 5.69. The summed E-state index contributed by atoms with van der Waals surface area (Å²) in [5.41, 5.74) is 0. The predicted octanol–water partition coefficient (Wildman–Crippen LogP) is 0.569. The second-order valence-corrected chi connectivity index (χ2v) is 4.57. The van der Waals surface area contributed by atoms with Crippen LogP contribution in [0.3, 0.4) is 0 Å². The van der Waals surface area contributed by atoms with E-state index in [0.29, 0.717) is 0 Å². The first-order valence-electron chi connectivity index (χ1n) is 6.25. The molecule has 1 aliphatic heterocycles. The average Bonchev–Trinajstić information content (AvgIpc) is 2.36. The zero-order valence-electron chi connectivity index (χ0n) is 11.2. The molecule has 1 atom stereocenters. The molecule has 0 saturated carbocycles. The van der Waals surface area contributed by atoms with Gasteiger partial charge in [-0.25, -0.2) is 9.97 Å². The number of nitrogens with one attached hydrogen (secondary N) is 2. The molecule has 0 aromatic carbocycles. The van der Waals surface area contributed by atoms with Crippen molar-refractivity contribution in [2.45, 2.75) is 13.0 Å². The van der Waals surface area contributed by atoms with E-state index in [-0.39, 0.29) is 6.10 Å². The number of anilines is 2. The van der Waals surface area contributed by atoms with Gasteiger partial charge in [-0.05, 0) is 14.0 Å². The van der Waals surface area contributed by atoms with Crippen LogP contribution in [0, 0.1) is 6.92 Å². The zero-order valence-corrected chi connectivity index (χ0v) is 11.2. The van der Waals surface area contributed by atoms with Gasteiger partial charge in [0.1, 0.15) is 17.5 Å². The van der Waals surface area contributed by atoms with Crippen molar-refractivity contribution >= 4 is 11.6 Å². The third-order valence-corrected chi connectivity index (χ3v) is 2.95. The molecule has 6 heteroatoms. The van der Waals surface area contributed by atoms with Gasteiger partial charge in [0.2, 0.25) is 0 Å². The Kier molecular flexibility index (Phi) is 4.33. The lowest BCUT2D eigenvalue weighted by Crippen LogP contribution is -2.43. The van der Waals surface area contributed by atoms with Crippen LogP contribution in [-0.4, -0.2) is 61.3 Å². The molecule has 0 bridgehead atoms. The molecule has 0 spiro atoms. The van der Waals surface area contributed by atoms with E-state index in [2.05, 4.69) is 32.5 Å². The number of morpholine rings is 1. The molecule has 2 heterocycles. The summed E-state index contributed by atoms with van der Waals surface area (Å²) >= 11 is 0. The third kappa shape index (κ3) is 3.54. The highest BCUT2D eigenvalue weighted by molar-refractivity contribution is 5.47.